The van der Waals surface area contributed by atoms with Crippen molar-refractivity contribution in [1.82, 2.24) is 5.48 Å². The summed E-state index contributed by atoms with van der Waals surface area (Å²) in [7, 11) is 1.46. The minimum absolute atomic E-state index is 0.0174. The maximum Gasteiger partial charge on any atom is 0.247 e. The lowest BCUT2D eigenvalue weighted by molar-refractivity contribution is -0.145. The molecule has 0 spiro atoms. The van der Waals surface area contributed by atoms with Crippen LogP contribution in [0.25, 0.3) is 0 Å². The number of carbonyl (C=O) groups excluding carboxylic acids is 1. The maximum atomic E-state index is 11.2. The fraction of sp³-hybridized carbons (Fsp3) is 0.875. The van der Waals surface area contributed by atoms with E-state index in [0.717, 1.165) is 12.8 Å². The van der Waals surface area contributed by atoms with Crippen LogP contribution >= 0.6 is 0 Å². The van der Waals surface area contributed by atoms with Crippen molar-refractivity contribution < 1.29 is 9.63 Å². The lowest BCUT2D eigenvalue weighted by atomic mass is 9.62. The molecule has 0 radical (unpaired) electrons. The largest absolute Gasteiger partial charge is 0.277 e. The van der Waals surface area contributed by atoms with Gasteiger partial charge in [-0.3, -0.25) is 9.63 Å². The Morgan fingerprint density at radius 2 is 2.27 bits per heavy atom. The molecule has 1 amide bonds. The predicted octanol–water partition coefficient (Wildman–Crippen LogP) is 1.10. The van der Waals surface area contributed by atoms with Crippen molar-refractivity contribution in [1.29, 1.82) is 0 Å². The Kier molecular flexibility index (Phi) is 2.18. The van der Waals surface area contributed by atoms with Crippen molar-refractivity contribution in [2.75, 3.05) is 7.11 Å². The average molecular weight is 157 g/mol. The van der Waals surface area contributed by atoms with E-state index in [2.05, 4.69) is 24.2 Å². The van der Waals surface area contributed by atoms with Gasteiger partial charge in [0.05, 0.1) is 7.11 Å². The van der Waals surface area contributed by atoms with E-state index in [-0.39, 0.29) is 17.2 Å². The quantitative estimate of drug-likeness (QED) is 0.609. The summed E-state index contributed by atoms with van der Waals surface area (Å²) in [6.45, 7) is 4.22. The molecule has 0 aromatic carbocycles. The highest BCUT2D eigenvalue weighted by Gasteiger charge is 2.43. The summed E-state index contributed by atoms with van der Waals surface area (Å²) in [6, 6.07) is 0. The number of hydrogen-bond donors (Lipinski definition) is 1. The third-order valence-corrected chi connectivity index (χ3v) is 2.54. The molecular formula is C8H15NO2. The van der Waals surface area contributed by atoms with E-state index in [4.69, 9.17) is 0 Å². The molecule has 0 aliphatic heterocycles. The molecule has 64 valence electrons. The zero-order valence-corrected chi connectivity index (χ0v) is 7.31. The fourth-order valence-electron chi connectivity index (χ4n) is 1.52. The van der Waals surface area contributed by atoms with Gasteiger partial charge in [0.2, 0.25) is 5.91 Å². The number of rotatable bonds is 2. The molecular weight excluding hydrogens is 142 g/mol. The molecule has 1 rings (SSSR count). The molecule has 1 N–H and O–H groups in total. The topological polar surface area (TPSA) is 38.3 Å². The van der Waals surface area contributed by atoms with Gasteiger partial charge in [-0.25, -0.2) is 5.48 Å². The number of carbonyl (C=O) groups is 1. The van der Waals surface area contributed by atoms with Crippen molar-refractivity contribution >= 4 is 5.91 Å². The Morgan fingerprint density at radius 3 is 2.55 bits per heavy atom. The van der Waals surface area contributed by atoms with E-state index in [1.54, 1.807) is 0 Å². The molecule has 1 saturated carbocycles. The Labute approximate surface area is 67.1 Å². The highest BCUT2D eigenvalue weighted by atomic mass is 16.6. The summed E-state index contributed by atoms with van der Waals surface area (Å²) >= 11 is 0. The van der Waals surface area contributed by atoms with Crippen molar-refractivity contribution in [3.63, 3.8) is 0 Å². The van der Waals surface area contributed by atoms with E-state index < -0.39 is 0 Å². The van der Waals surface area contributed by atoms with Crippen LogP contribution in [0.4, 0.5) is 0 Å². The van der Waals surface area contributed by atoms with Crippen LogP contribution in [0, 0.1) is 11.3 Å². The predicted molar refractivity (Wildman–Crippen MR) is 41.7 cm³/mol. The van der Waals surface area contributed by atoms with Gasteiger partial charge in [-0.05, 0) is 18.3 Å². The third-order valence-electron chi connectivity index (χ3n) is 2.54. The van der Waals surface area contributed by atoms with Crippen molar-refractivity contribution in [2.24, 2.45) is 11.3 Å². The average Bonchev–Trinajstić information content (AvgIpc) is 1.86. The number of hydroxylamine groups is 1. The molecule has 0 saturated heterocycles. The van der Waals surface area contributed by atoms with E-state index in [1.807, 2.05) is 0 Å². The van der Waals surface area contributed by atoms with Gasteiger partial charge in [-0.15, -0.1) is 0 Å². The van der Waals surface area contributed by atoms with E-state index in [9.17, 15) is 4.79 Å². The lowest BCUT2D eigenvalue weighted by Gasteiger charge is -2.42. The SMILES string of the molecule is CONC(=O)C1CCC1(C)C. The molecule has 0 bridgehead atoms. The van der Waals surface area contributed by atoms with Crippen LogP contribution in [0.1, 0.15) is 26.7 Å². The molecule has 3 heteroatoms. The fourth-order valence-corrected chi connectivity index (χ4v) is 1.52. The van der Waals surface area contributed by atoms with Gasteiger partial charge in [0.25, 0.3) is 0 Å². The van der Waals surface area contributed by atoms with E-state index >= 15 is 0 Å². The molecule has 1 atom stereocenters. The second kappa shape index (κ2) is 2.81. The summed E-state index contributed by atoms with van der Waals surface area (Å²) in [4.78, 5) is 15.8. The van der Waals surface area contributed by atoms with Gasteiger partial charge >= 0.3 is 0 Å². The standard InChI is InChI=1S/C8H15NO2/c1-8(2)5-4-6(8)7(10)9-11-3/h6H,4-5H2,1-3H3,(H,9,10). The Balaban J connectivity index is 2.43. The highest BCUT2D eigenvalue weighted by Crippen LogP contribution is 2.45. The number of nitrogens with one attached hydrogen (secondary N) is 1. The molecule has 0 aromatic rings. The maximum absolute atomic E-state index is 11.2. The van der Waals surface area contributed by atoms with Gasteiger partial charge in [0.1, 0.15) is 0 Å². The van der Waals surface area contributed by atoms with Crippen LogP contribution in [0.5, 0.6) is 0 Å². The Bertz CT molecular complexity index is 165. The molecule has 1 aliphatic rings. The van der Waals surface area contributed by atoms with Gasteiger partial charge in [-0.2, -0.15) is 0 Å². The zero-order chi connectivity index (χ0) is 8.48. The summed E-state index contributed by atoms with van der Waals surface area (Å²) < 4.78 is 0. The number of amides is 1. The first-order chi connectivity index (χ1) is 5.08. The normalized spacial score (nSPS) is 27.4. The van der Waals surface area contributed by atoms with Crippen LogP contribution in [0.2, 0.25) is 0 Å². The molecule has 3 nitrogen and oxygen atoms in total. The number of hydrogen-bond acceptors (Lipinski definition) is 2. The first-order valence-electron chi connectivity index (χ1n) is 3.91. The van der Waals surface area contributed by atoms with E-state index in [1.165, 1.54) is 7.11 Å². The first kappa shape index (κ1) is 8.53. The first-order valence-corrected chi connectivity index (χ1v) is 3.91. The molecule has 0 heterocycles. The smallest absolute Gasteiger partial charge is 0.247 e. The van der Waals surface area contributed by atoms with Gasteiger partial charge in [0, 0.05) is 5.92 Å². The van der Waals surface area contributed by atoms with Gasteiger partial charge in [0.15, 0.2) is 0 Å². The summed E-state index contributed by atoms with van der Waals surface area (Å²) in [5, 5.41) is 0. The third kappa shape index (κ3) is 1.53. The van der Waals surface area contributed by atoms with Crippen LogP contribution in [0.3, 0.4) is 0 Å². The van der Waals surface area contributed by atoms with Crippen LogP contribution in [-0.2, 0) is 9.63 Å². The van der Waals surface area contributed by atoms with E-state index in [0.29, 0.717) is 0 Å². The van der Waals surface area contributed by atoms with Crippen LogP contribution in [-0.4, -0.2) is 13.0 Å². The Hall–Kier alpha value is -0.570. The Morgan fingerprint density at radius 1 is 1.64 bits per heavy atom. The molecule has 1 fully saturated rings. The lowest BCUT2D eigenvalue weighted by Crippen LogP contribution is -2.45. The van der Waals surface area contributed by atoms with Gasteiger partial charge in [-0.1, -0.05) is 13.8 Å². The minimum Gasteiger partial charge on any atom is -0.277 e. The van der Waals surface area contributed by atoms with Crippen LogP contribution < -0.4 is 5.48 Å². The van der Waals surface area contributed by atoms with Gasteiger partial charge < -0.3 is 0 Å². The minimum atomic E-state index is 0.0174. The zero-order valence-electron chi connectivity index (χ0n) is 7.31. The monoisotopic (exact) mass is 157 g/mol. The van der Waals surface area contributed by atoms with Crippen molar-refractivity contribution in [3.8, 4) is 0 Å². The van der Waals surface area contributed by atoms with Crippen molar-refractivity contribution in [2.45, 2.75) is 26.7 Å². The van der Waals surface area contributed by atoms with Crippen LogP contribution in [0.15, 0.2) is 0 Å². The summed E-state index contributed by atoms with van der Waals surface area (Å²) in [5.74, 6) is 0.159. The van der Waals surface area contributed by atoms with Crippen molar-refractivity contribution in [3.05, 3.63) is 0 Å². The highest BCUT2D eigenvalue weighted by molar-refractivity contribution is 5.79. The molecule has 11 heavy (non-hydrogen) atoms. The molecule has 1 unspecified atom stereocenters. The second-order valence-electron chi connectivity index (χ2n) is 3.75. The second-order valence-corrected chi connectivity index (χ2v) is 3.75. The summed E-state index contributed by atoms with van der Waals surface area (Å²) in [6.07, 6.45) is 2.12. The summed E-state index contributed by atoms with van der Waals surface area (Å²) in [5.41, 5.74) is 2.53. The molecule has 1 aliphatic carbocycles. The molecule has 0 aromatic heterocycles.